The van der Waals surface area contributed by atoms with E-state index in [4.69, 9.17) is 5.73 Å². The van der Waals surface area contributed by atoms with Crippen molar-refractivity contribution in [2.75, 3.05) is 18.1 Å². The molecule has 4 heteroatoms. The van der Waals surface area contributed by atoms with Crippen LogP contribution in [0.25, 0.3) is 0 Å². The molecule has 1 saturated carbocycles. The summed E-state index contributed by atoms with van der Waals surface area (Å²) in [6.45, 7) is 7.40. The van der Waals surface area contributed by atoms with Crippen molar-refractivity contribution in [2.45, 2.75) is 58.4 Å². The molecule has 0 aromatic carbocycles. The highest BCUT2D eigenvalue weighted by Gasteiger charge is 2.46. The third-order valence-electron chi connectivity index (χ3n) is 4.20. The summed E-state index contributed by atoms with van der Waals surface area (Å²) >= 11 is 2.02. The fourth-order valence-corrected chi connectivity index (χ4v) is 4.37. The monoisotopic (exact) mass is 286 g/mol. The van der Waals surface area contributed by atoms with Crippen molar-refractivity contribution in [2.24, 2.45) is 17.6 Å². The molecule has 0 radical (unpaired) electrons. The molecule has 0 bridgehead atoms. The molecular formula is C15H30N2OS. The summed E-state index contributed by atoms with van der Waals surface area (Å²) in [5, 5.41) is 3.38. The van der Waals surface area contributed by atoms with Gasteiger partial charge in [-0.3, -0.25) is 4.79 Å². The molecule has 112 valence electrons. The van der Waals surface area contributed by atoms with Gasteiger partial charge in [0.25, 0.3) is 0 Å². The number of primary amides is 1. The van der Waals surface area contributed by atoms with Gasteiger partial charge < -0.3 is 11.1 Å². The van der Waals surface area contributed by atoms with Crippen LogP contribution in [-0.4, -0.2) is 29.5 Å². The zero-order valence-electron chi connectivity index (χ0n) is 12.7. The fourth-order valence-electron chi connectivity index (χ4n) is 3.07. The molecule has 1 aliphatic rings. The minimum absolute atomic E-state index is 0.149. The van der Waals surface area contributed by atoms with Gasteiger partial charge in [-0.2, -0.15) is 11.8 Å². The molecule has 1 amide bonds. The Balaban J connectivity index is 2.40. The molecule has 0 spiro atoms. The Hall–Kier alpha value is -0.220. The summed E-state index contributed by atoms with van der Waals surface area (Å²) in [5.41, 5.74) is 5.25. The number of nitrogens with one attached hydrogen (secondary N) is 1. The summed E-state index contributed by atoms with van der Waals surface area (Å²) in [5.74, 6) is 3.44. The summed E-state index contributed by atoms with van der Waals surface area (Å²) in [6.07, 6.45) is 5.57. The van der Waals surface area contributed by atoms with Crippen LogP contribution in [-0.2, 0) is 4.79 Å². The molecule has 0 heterocycles. The fraction of sp³-hybridized carbons (Fsp3) is 0.933. The average molecular weight is 286 g/mol. The number of nitrogens with two attached hydrogens (primary N) is 1. The van der Waals surface area contributed by atoms with Gasteiger partial charge >= 0.3 is 0 Å². The van der Waals surface area contributed by atoms with Crippen molar-refractivity contribution >= 4 is 17.7 Å². The maximum Gasteiger partial charge on any atom is 0.238 e. The molecule has 0 saturated heterocycles. The number of amides is 1. The van der Waals surface area contributed by atoms with E-state index in [2.05, 4.69) is 26.1 Å². The maximum absolute atomic E-state index is 11.9. The van der Waals surface area contributed by atoms with Gasteiger partial charge in [-0.25, -0.2) is 0 Å². The van der Waals surface area contributed by atoms with Crippen LogP contribution in [0.4, 0.5) is 0 Å². The van der Waals surface area contributed by atoms with E-state index in [-0.39, 0.29) is 5.91 Å². The highest BCUT2D eigenvalue weighted by Crippen LogP contribution is 2.38. The first-order valence-electron chi connectivity index (χ1n) is 7.65. The second-order valence-corrected chi connectivity index (χ2v) is 7.26. The molecular weight excluding hydrogens is 256 g/mol. The molecule has 19 heavy (non-hydrogen) atoms. The number of thioether (sulfide) groups is 1. The van der Waals surface area contributed by atoms with Crippen LogP contribution in [0.15, 0.2) is 0 Å². The highest BCUT2D eigenvalue weighted by atomic mass is 32.2. The molecule has 2 unspecified atom stereocenters. The van der Waals surface area contributed by atoms with Crippen LogP contribution in [0, 0.1) is 11.8 Å². The van der Waals surface area contributed by atoms with Gasteiger partial charge in [0, 0.05) is 0 Å². The van der Waals surface area contributed by atoms with Crippen LogP contribution < -0.4 is 11.1 Å². The van der Waals surface area contributed by atoms with Crippen LogP contribution >= 0.6 is 11.8 Å². The van der Waals surface area contributed by atoms with E-state index in [9.17, 15) is 4.79 Å². The summed E-state index contributed by atoms with van der Waals surface area (Å²) in [4.78, 5) is 11.9. The SMILES string of the molecule is CCNC1(C(N)=O)CCCC1CCSCCC(C)C. The zero-order valence-corrected chi connectivity index (χ0v) is 13.5. The van der Waals surface area contributed by atoms with Crippen molar-refractivity contribution in [3.05, 3.63) is 0 Å². The van der Waals surface area contributed by atoms with Crippen LogP contribution in [0.1, 0.15) is 52.9 Å². The minimum Gasteiger partial charge on any atom is -0.368 e. The van der Waals surface area contributed by atoms with Crippen LogP contribution in [0.3, 0.4) is 0 Å². The number of likely N-dealkylation sites (N-methyl/N-ethyl adjacent to an activating group) is 1. The van der Waals surface area contributed by atoms with Crippen molar-refractivity contribution in [1.82, 2.24) is 5.32 Å². The predicted octanol–water partition coefficient (Wildman–Crippen LogP) is 2.79. The van der Waals surface area contributed by atoms with Crippen molar-refractivity contribution in [3.63, 3.8) is 0 Å². The first-order valence-corrected chi connectivity index (χ1v) is 8.81. The number of rotatable bonds is 9. The van der Waals surface area contributed by atoms with Crippen LogP contribution in [0.5, 0.6) is 0 Å². The summed E-state index contributed by atoms with van der Waals surface area (Å²) in [7, 11) is 0. The second-order valence-electron chi connectivity index (χ2n) is 6.04. The van der Waals surface area contributed by atoms with E-state index in [0.29, 0.717) is 5.92 Å². The molecule has 1 fully saturated rings. The lowest BCUT2D eigenvalue weighted by molar-refractivity contribution is -0.125. The van der Waals surface area contributed by atoms with Crippen molar-refractivity contribution < 1.29 is 4.79 Å². The molecule has 2 atom stereocenters. The number of carbonyl (C=O) groups is 1. The molecule has 1 rings (SSSR count). The van der Waals surface area contributed by atoms with E-state index < -0.39 is 5.54 Å². The topological polar surface area (TPSA) is 55.1 Å². The first-order chi connectivity index (χ1) is 9.03. The number of carbonyl (C=O) groups excluding carboxylic acids is 1. The quantitative estimate of drug-likeness (QED) is 0.641. The van der Waals surface area contributed by atoms with Gasteiger partial charge in [-0.15, -0.1) is 0 Å². The Bertz CT molecular complexity index is 283. The van der Waals surface area contributed by atoms with Gasteiger partial charge in [0.15, 0.2) is 0 Å². The minimum atomic E-state index is -0.423. The Morgan fingerprint density at radius 1 is 1.47 bits per heavy atom. The van der Waals surface area contributed by atoms with E-state index >= 15 is 0 Å². The van der Waals surface area contributed by atoms with Crippen molar-refractivity contribution in [1.29, 1.82) is 0 Å². The summed E-state index contributed by atoms with van der Waals surface area (Å²) in [6, 6.07) is 0. The Kier molecular flexibility index (Phi) is 7.22. The van der Waals surface area contributed by atoms with Gasteiger partial charge in [-0.05, 0) is 55.6 Å². The average Bonchev–Trinajstić information content (AvgIpc) is 2.73. The second kappa shape index (κ2) is 8.15. The van der Waals surface area contributed by atoms with Gasteiger partial charge in [0.05, 0.1) is 0 Å². The lowest BCUT2D eigenvalue weighted by Crippen LogP contribution is -2.57. The lowest BCUT2D eigenvalue weighted by Gasteiger charge is -2.33. The third kappa shape index (κ3) is 4.67. The summed E-state index contributed by atoms with van der Waals surface area (Å²) < 4.78 is 0. The predicted molar refractivity (Wildman–Crippen MR) is 84.3 cm³/mol. The van der Waals surface area contributed by atoms with Gasteiger partial charge in [0.1, 0.15) is 5.54 Å². The van der Waals surface area contributed by atoms with Gasteiger partial charge in [-0.1, -0.05) is 27.2 Å². The molecule has 0 aliphatic heterocycles. The van der Waals surface area contributed by atoms with E-state index in [1.165, 1.54) is 12.2 Å². The number of hydrogen-bond acceptors (Lipinski definition) is 3. The smallest absolute Gasteiger partial charge is 0.238 e. The first kappa shape index (κ1) is 16.8. The lowest BCUT2D eigenvalue weighted by atomic mass is 9.84. The van der Waals surface area contributed by atoms with E-state index in [1.54, 1.807) is 0 Å². The molecule has 0 aromatic heterocycles. The molecule has 3 nitrogen and oxygen atoms in total. The Labute approximate surface area is 122 Å². The Morgan fingerprint density at radius 2 is 2.21 bits per heavy atom. The number of hydrogen-bond donors (Lipinski definition) is 2. The van der Waals surface area contributed by atoms with Crippen molar-refractivity contribution in [3.8, 4) is 0 Å². The molecule has 1 aliphatic carbocycles. The normalized spacial score (nSPS) is 27.1. The maximum atomic E-state index is 11.9. The van der Waals surface area contributed by atoms with E-state index in [0.717, 1.165) is 43.9 Å². The third-order valence-corrected chi connectivity index (χ3v) is 5.25. The standard InChI is InChI=1S/C15H30N2OS/c1-4-17-15(14(16)18)9-5-6-13(15)8-11-19-10-7-12(2)3/h12-13,17H,4-11H2,1-3H3,(H2,16,18). The van der Waals surface area contributed by atoms with Crippen LogP contribution in [0.2, 0.25) is 0 Å². The largest absolute Gasteiger partial charge is 0.368 e. The molecule has 3 N–H and O–H groups in total. The zero-order chi connectivity index (χ0) is 14.3. The molecule has 0 aromatic rings. The Morgan fingerprint density at radius 3 is 2.79 bits per heavy atom. The van der Waals surface area contributed by atoms with E-state index in [1.807, 2.05) is 11.8 Å². The highest BCUT2D eigenvalue weighted by molar-refractivity contribution is 7.99. The van der Waals surface area contributed by atoms with Gasteiger partial charge in [0.2, 0.25) is 5.91 Å².